The molecule has 0 radical (unpaired) electrons. The summed E-state index contributed by atoms with van der Waals surface area (Å²) >= 11 is 0. The molecule has 1 amide bonds. The number of carbonyl (C=O) groups is 2. The molecule has 0 aliphatic carbocycles. The van der Waals surface area contributed by atoms with E-state index in [2.05, 4.69) is 4.98 Å². The number of likely N-dealkylation sites (tertiary alicyclic amines) is 1. The number of amides is 1. The highest BCUT2D eigenvalue weighted by Crippen LogP contribution is 2.22. The molecule has 138 valence electrons. The molecule has 0 bridgehead atoms. The number of carboxylic acid groups (broad SMARTS) is 1. The van der Waals surface area contributed by atoms with Gasteiger partial charge in [0.2, 0.25) is 5.91 Å². The predicted molar refractivity (Wildman–Crippen MR) is 101 cm³/mol. The summed E-state index contributed by atoms with van der Waals surface area (Å²) in [5.74, 6) is -0.435. The molecule has 1 fully saturated rings. The van der Waals surface area contributed by atoms with E-state index in [0.29, 0.717) is 24.4 Å². The average Bonchev–Trinajstić information content (AvgIpc) is 3.29. The van der Waals surface area contributed by atoms with Gasteiger partial charge in [-0.2, -0.15) is 0 Å². The molecule has 3 aromatic rings. The summed E-state index contributed by atoms with van der Waals surface area (Å²) in [5, 5.41) is 9.12. The molecule has 1 atom stereocenters. The van der Waals surface area contributed by atoms with Gasteiger partial charge in [-0.05, 0) is 48.6 Å². The van der Waals surface area contributed by atoms with E-state index >= 15 is 0 Å². The predicted octanol–water partition coefficient (Wildman–Crippen LogP) is 2.67. The maximum absolute atomic E-state index is 12.7. The van der Waals surface area contributed by atoms with Gasteiger partial charge in [0.15, 0.2) is 0 Å². The quantitative estimate of drug-likeness (QED) is 0.756. The molecule has 4 rings (SSSR count). The first-order chi connectivity index (χ1) is 13.1. The number of carboxylic acids is 1. The highest BCUT2D eigenvalue weighted by molar-refractivity contribution is 5.87. The Hall–Kier alpha value is -3.15. The van der Waals surface area contributed by atoms with Gasteiger partial charge in [0.1, 0.15) is 5.65 Å². The Morgan fingerprint density at radius 3 is 2.93 bits per heavy atom. The Kier molecular flexibility index (Phi) is 4.62. The van der Waals surface area contributed by atoms with Crippen molar-refractivity contribution in [2.45, 2.75) is 19.3 Å². The summed E-state index contributed by atoms with van der Waals surface area (Å²) < 4.78 is 1.95. The van der Waals surface area contributed by atoms with E-state index < -0.39 is 5.97 Å². The van der Waals surface area contributed by atoms with Gasteiger partial charge in [-0.3, -0.25) is 4.79 Å². The molecule has 27 heavy (non-hydrogen) atoms. The number of fused-ring (bicyclic) bond motifs is 1. The van der Waals surface area contributed by atoms with Crippen molar-refractivity contribution >= 4 is 17.5 Å². The summed E-state index contributed by atoms with van der Waals surface area (Å²) in [5.41, 5.74) is 3.06. The number of rotatable bonds is 5. The fraction of sp³-hybridized carbons (Fsp3) is 0.286. The second-order valence-corrected chi connectivity index (χ2v) is 7.06. The van der Waals surface area contributed by atoms with Crippen LogP contribution in [0.1, 0.15) is 28.0 Å². The zero-order valence-corrected chi connectivity index (χ0v) is 14.9. The van der Waals surface area contributed by atoms with Crippen LogP contribution in [0.2, 0.25) is 0 Å². The summed E-state index contributed by atoms with van der Waals surface area (Å²) in [6, 6.07) is 12.8. The number of imidazole rings is 1. The minimum atomic E-state index is -0.909. The Balaban J connectivity index is 1.38. The van der Waals surface area contributed by atoms with E-state index in [1.807, 2.05) is 39.8 Å². The zero-order chi connectivity index (χ0) is 18.8. The van der Waals surface area contributed by atoms with Crippen LogP contribution >= 0.6 is 0 Å². The van der Waals surface area contributed by atoms with Crippen molar-refractivity contribution in [3.05, 3.63) is 71.7 Å². The highest BCUT2D eigenvalue weighted by atomic mass is 16.4. The average molecular weight is 363 g/mol. The van der Waals surface area contributed by atoms with Crippen LogP contribution in [0.5, 0.6) is 0 Å². The van der Waals surface area contributed by atoms with Gasteiger partial charge in [-0.15, -0.1) is 0 Å². The number of pyridine rings is 1. The fourth-order valence-corrected chi connectivity index (χ4v) is 3.77. The van der Waals surface area contributed by atoms with E-state index in [1.54, 1.807) is 24.4 Å². The lowest BCUT2D eigenvalue weighted by atomic mass is 9.97. The Bertz CT molecular complexity index is 995. The maximum Gasteiger partial charge on any atom is 0.335 e. The summed E-state index contributed by atoms with van der Waals surface area (Å²) in [4.78, 5) is 30.1. The summed E-state index contributed by atoms with van der Waals surface area (Å²) in [6.45, 7) is 1.46. The molecule has 1 aromatic carbocycles. The van der Waals surface area contributed by atoms with E-state index in [0.717, 1.165) is 36.3 Å². The molecule has 1 aliphatic rings. The molecule has 0 spiro atoms. The number of aromatic carboxylic acids is 1. The van der Waals surface area contributed by atoms with E-state index in [-0.39, 0.29) is 5.91 Å². The molecule has 6 nitrogen and oxygen atoms in total. The number of nitrogens with zero attached hydrogens (tertiary/aromatic N) is 3. The highest BCUT2D eigenvalue weighted by Gasteiger charge is 2.27. The lowest BCUT2D eigenvalue weighted by molar-refractivity contribution is -0.129. The van der Waals surface area contributed by atoms with Gasteiger partial charge >= 0.3 is 5.97 Å². The molecule has 0 saturated carbocycles. The number of hydrogen-bond acceptors (Lipinski definition) is 3. The number of carbonyl (C=O) groups excluding carboxylic acids is 1. The zero-order valence-electron chi connectivity index (χ0n) is 14.9. The first-order valence-corrected chi connectivity index (χ1v) is 9.11. The van der Waals surface area contributed by atoms with Gasteiger partial charge in [0, 0.05) is 25.5 Å². The molecular formula is C21H21N3O3. The molecular weight excluding hydrogens is 342 g/mol. The number of aromatic nitrogens is 2. The van der Waals surface area contributed by atoms with Crippen LogP contribution in [0.3, 0.4) is 0 Å². The van der Waals surface area contributed by atoms with Crippen LogP contribution in [-0.4, -0.2) is 44.4 Å². The number of hydrogen-bond donors (Lipinski definition) is 1. The Morgan fingerprint density at radius 2 is 2.07 bits per heavy atom. The standard InChI is InChI=1S/C21H21N3O3/c25-20(12-18-13-22-19-6-1-2-8-24(18)19)23-9-7-16(14-23)10-15-4-3-5-17(11-15)21(26)27/h1-6,8,11,13,16H,7,9-10,12,14H2,(H,26,27)/t16-/m1/s1. The van der Waals surface area contributed by atoms with Crippen LogP contribution < -0.4 is 0 Å². The Morgan fingerprint density at radius 1 is 1.19 bits per heavy atom. The van der Waals surface area contributed by atoms with Crippen LogP contribution in [0.4, 0.5) is 0 Å². The van der Waals surface area contributed by atoms with Gasteiger partial charge in [-0.1, -0.05) is 18.2 Å². The van der Waals surface area contributed by atoms with E-state index in [9.17, 15) is 9.59 Å². The second-order valence-electron chi connectivity index (χ2n) is 7.06. The minimum absolute atomic E-state index is 0.113. The fourth-order valence-electron chi connectivity index (χ4n) is 3.77. The molecule has 1 aliphatic heterocycles. The molecule has 0 unspecified atom stereocenters. The van der Waals surface area contributed by atoms with Crippen molar-refractivity contribution < 1.29 is 14.7 Å². The van der Waals surface area contributed by atoms with E-state index in [1.165, 1.54) is 0 Å². The molecule has 6 heteroatoms. The van der Waals surface area contributed by atoms with Gasteiger partial charge in [0.25, 0.3) is 0 Å². The SMILES string of the molecule is O=C(O)c1cccc(C[C@H]2CCN(C(=O)Cc3cnc4ccccn34)C2)c1. The van der Waals surface area contributed by atoms with Crippen molar-refractivity contribution in [3.63, 3.8) is 0 Å². The first kappa shape index (κ1) is 17.3. The van der Waals surface area contributed by atoms with Crippen molar-refractivity contribution in [2.24, 2.45) is 5.92 Å². The second kappa shape index (κ2) is 7.23. The molecule has 1 N–H and O–H groups in total. The van der Waals surface area contributed by atoms with Gasteiger partial charge < -0.3 is 14.4 Å². The van der Waals surface area contributed by atoms with E-state index in [4.69, 9.17) is 5.11 Å². The van der Waals surface area contributed by atoms with Gasteiger partial charge in [-0.25, -0.2) is 9.78 Å². The monoisotopic (exact) mass is 363 g/mol. The molecule has 1 saturated heterocycles. The molecule has 2 aromatic heterocycles. The van der Waals surface area contributed by atoms with Crippen LogP contribution in [0.25, 0.3) is 5.65 Å². The van der Waals surface area contributed by atoms with Crippen LogP contribution in [0.15, 0.2) is 54.9 Å². The normalized spacial score (nSPS) is 16.7. The van der Waals surface area contributed by atoms with Crippen molar-refractivity contribution in [2.75, 3.05) is 13.1 Å². The smallest absolute Gasteiger partial charge is 0.335 e. The summed E-state index contributed by atoms with van der Waals surface area (Å²) in [7, 11) is 0. The maximum atomic E-state index is 12.7. The van der Waals surface area contributed by atoms with Crippen molar-refractivity contribution in [1.29, 1.82) is 0 Å². The summed E-state index contributed by atoms with van der Waals surface area (Å²) in [6.07, 6.45) is 5.76. The third-order valence-corrected chi connectivity index (χ3v) is 5.16. The third kappa shape index (κ3) is 3.69. The van der Waals surface area contributed by atoms with Crippen LogP contribution in [-0.2, 0) is 17.6 Å². The number of benzene rings is 1. The third-order valence-electron chi connectivity index (χ3n) is 5.16. The van der Waals surface area contributed by atoms with Gasteiger partial charge in [0.05, 0.1) is 17.7 Å². The Labute approximate surface area is 157 Å². The topological polar surface area (TPSA) is 74.9 Å². The lowest BCUT2D eigenvalue weighted by Gasteiger charge is -2.16. The first-order valence-electron chi connectivity index (χ1n) is 9.11. The van der Waals surface area contributed by atoms with Crippen LogP contribution in [0, 0.1) is 5.92 Å². The van der Waals surface area contributed by atoms with Crippen molar-refractivity contribution in [3.8, 4) is 0 Å². The molecule has 3 heterocycles. The largest absolute Gasteiger partial charge is 0.478 e. The van der Waals surface area contributed by atoms with Crippen molar-refractivity contribution in [1.82, 2.24) is 14.3 Å². The minimum Gasteiger partial charge on any atom is -0.478 e. The lowest BCUT2D eigenvalue weighted by Crippen LogP contribution is -2.30.